The molecule has 2 heterocycles. The third-order valence-electron chi connectivity index (χ3n) is 4.20. The van der Waals surface area contributed by atoms with E-state index in [4.69, 9.17) is 0 Å². The number of amides is 1. The molecule has 0 saturated carbocycles. The third-order valence-corrected chi connectivity index (χ3v) is 5.28. The Hall–Kier alpha value is -3.52. The minimum absolute atomic E-state index is 0.275. The lowest BCUT2D eigenvalue weighted by atomic mass is 10.2. The summed E-state index contributed by atoms with van der Waals surface area (Å²) >= 11 is 1.39. The van der Waals surface area contributed by atoms with Crippen LogP contribution in [0.4, 0.5) is 10.1 Å². The van der Waals surface area contributed by atoms with Crippen molar-refractivity contribution in [1.29, 1.82) is 0 Å². The van der Waals surface area contributed by atoms with Crippen molar-refractivity contribution in [2.75, 3.05) is 5.32 Å². The van der Waals surface area contributed by atoms with E-state index in [2.05, 4.69) is 20.3 Å². The van der Waals surface area contributed by atoms with Crippen molar-refractivity contribution in [1.82, 2.24) is 15.0 Å². The predicted molar refractivity (Wildman–Crippen MR) is 111 cm³/mol. The van der Waals surface area contributed by atoms with Gasteiger partial charge in [-0.15, -0.1) is 11.8 Å². The number of anilines is 1. The van der Waals surface area contributed by atoms with Crippen LogP contribution >= 0.6 is 11.8 Å². The van der Waals surface area contributed by atoms with Gasteiger partial charge in [-0.25, -0.2) is 14.4 Å². The first-order valence-corrected chi connectivity index (χ1v) is 9.70. The molecular weight excluding hydrogens is 391 g/mol. The fraction of sp³-hybridized carbons (Fsp3) is 0.0476. The number of nitrogens with one attached hydrogen (secondary N) is 2. The number of halogens is 1. The number of aromatic nitrogens is 3. The molecule has 2 N–H and O–H groups in total. The SMILES string of the molecule is O=C(Nc1ccc2nc[nH]c(=O)c2c1)c1cccnc1SCc1ccc(F)cc1. The largest absolute Gasteiger partial charge is 0.322 e. The summed E-state index contributed by atoms with van der Waals surface area (Å²) in [5.41, 5.74) is 2.10. The number of rotatable bonds is 5. The topological polar surface area (TPSA) is 87.7 Å². The van der Waals surface area contributed by atoms with Crippen LogP contribution in [0.25, 0.3) is 10.9 Å². The zero-order valence-corrected chi connectivity index (χ0v) is 15.9. The summed E-state index contributed by atoms with van der Waals surface area (Å²) in [4.78, 5) is 35.6. The van der Waals surface area contributed by atoms with Crippen molar-refractivity contribution < 1.29 is 9.18 Å². The molecule has 0 unspecified atom stereocenters. The van der Waals surface area contributed by atoms with Crippen LogP contribution in [0.5, 0.6) is 0 Å². The number of benzene rings is 2. The molecule has 0 bridgehead atoms. The van der Waals surface area contributed by atoms with E-state index >= 15 is 0 Å². The first-order valence-electron chi connectivity index (χ1n) is 8.71. The van der Waals surface area contributed by atoms with E-state index in [9.17, 15) is 14.0 Å². The lowest BCUT2D eigenvalue weighted by Crippen LogP contribution is -2.14. The number of hydrogen-bond acceptors (Lipinski definition) is 5. The number of H-pyrrole nitrogens is 1. The highest BCUT2D eigenvalue weighted by molar-refractivity contribution is 7.98. The van der Waals surface area contributed by atoms with Crippen molar-refractivity contribution in [3.8, 4) is 0 Å². The minimum Gasteiger partial charge on any atom is -0.322 e. The highest BCUT2D eigenvalue weighted by Gasteiger charge is 2.14. The first kappa shape index (κ1) is 18.8. The summed E-state index contributed by atoms with van der Waals surface area (Å²) < 4.78 is 13.1. The van der Waals surface area contributed by atoms with Crippen molar-refractivity contribution in [2.24, 2.45) is 0 Å². The fourth-order valence-corrected chi connectivity index (χ4v) is 3.70. The van der Waals surface area contributed by atoms with Crippen LogP contribution in [0.15, 0.2) is 76.9 Å². The Balaban J connectivity index is 1.54. The third kappa shape index (κ3) is 4.33. The Bertz CT molecular complexity index is 1240. The Morgan fingerprint density at radius 2 is 1.93 bits per heavy atom. The number of pyridine rings is 1. The summed E-state index contributed by atoms with van der Waals surface area (Å²) in [6.45, 7) is 0. The Labute approximate surface area is 169 Å². The molecule has 4 rings (SSSR count). The lowest BCUT2D eigenvalue weighted by molar-refractivity contribution is 0.102. The minimum atomic E-state index is -0.334. The van der Waals surface area contributed by atoms with Crippen molar-refractivity contribution >= 4 is 34.3 Å². The molecule has 0 aliphatic heterocycles. The number of carbonyl (C=O) groups is 1. The van der Waals surface area contributed by atoms with Gasteiger partial charge in [-0.3, -0.25) is 9.59 Å². The molecule has 0 radical (unpaired) electrons. The van der Waals surface area contributed by atoms with Gasteiger partial charge in [-0.05, 0) is 48.0 Å². The molecule has 0 atom stereocenters. The summed E-state index contributed by atoms with van der Waals surface area (Å²) in [5.74, 6) is -0.0744. The molecule has 144 valence electrons. The first-order chi connectivity index (χ1) is 14.1. The second-order valence-corrected chi connectivity index (χ2v) is 7.15. The molecule has 2 aromatic carbocycles. The van der Waals surface area contributed by atoms with Crippen LogP contribution in [0.1, 0.15) is 15.9 Å². The van der Waals surface area contributed by atoms with Crippen molar-refractivity contribution in [3.05, 3.63) is 94.4 Å². The summed E-state index contributed by atoms with van der Waals surface area (Å²) in [6.07, 6.45) is 2.95. The van der Waals surface area contributed by atoms with E-state index < -0.39 is 0 Å². The Kier molecular flexibility index (Phi) is 5.35. The average molecular weight is 406 g/mol. The van der Waals surface area contributed by atoms with Crippen LogP contribution < -0.4 is 10.9 Å². The second kappa shape index (κ2) is 8.24. The van der Waals surface area contributed by atoms with E-state index in [-0.39, 0.29) is 17.3 Å². The molecule has 0 spiro atoms. The maximum Gasteiger partial charge on any atom is 0.258 e. The molecule has 6 nitrogen and oxygen atoms in total. The zero-order valence-electron chi connectivity index (χ0n) is 15.1. The molecule has 4 aromatic rings. The predicted octanol–water partition coefficient (Wildman–Crippen LogP) is 4.00. The van der Waals surface area contributed by atoms with E-state index in [1.54, 1.807) is 48.7 Å². The van der Waals surface area contributed by atoms with Gasteiger partial charge in [0.1, 0.15) is 10.8 Å². The molecule has 8 heteroatoms. The molecule has 29 heavy (non-hydrogen) atoms. The van der Waals surface area contributed by atoms with Gasteiger partial charge in [0.25, 0.3) is 11.5 Å². The number of nitrogens with zero attached hydrogens (tertiary/aromatic N) is 2. The molecule has 0 aliphatic rings. The maximum atomic E-state index is 13.1. The van der Waals surface area contributed by atoms with Gasteiger partial charge in [-0.1, -0.05) is 12.1 Å². The molecule has 1 amide bonds. The normalized spacial score (nSPS) is 10.8. The van der Waals surface area contributed by atoms with E-state index in [1.807, 2.05) is 0 Å². The van der Waals surface area contributed by atoms with Crippen LogP contribution in [-0.4, -0.2) is 20.9 Å². The van der Waals surface area contributed by atoms with Crippen LogP contribution in [0, 0.1) is 5.82 Å². The molecule has 0 aliphatic carbocycles. The van der Waals surface area contributed by atoms with Crippen LogP contribution in [-0.2, 0) is 5.75 Å². The number of fused-ring (bicyclic) bond motifs is 1. The number of carbonyl (C=O) groups excluding carboxylic acids is 1. The maximum absolute atomic E-state index is 13.1. The molecule has 0 saturated heterocycles. The van der Waals surface area contributed by atoms with Crippen molar-refractivity contribution in [2.45, 2.75) is 10.8 Å². The van der Waals surface area contributed by atoms with Crippen LogP contribution in [0.3, 0.4) is 0 Å². The summed E-state index contributed by atoms with van der Waals surface area (Å²) in [6, 6.07) is 14.5. The van der Waals surface area contributed by atoms with Gasteiger partial charge in [-0.2, -0.15) is 0 Å². The molecule has 2 aromatic heterocycles. The van der Waals surface area contributed by atoms with Crippen LogP contribution in [0.2, 0.25) is 0 Å². The van der Waals surface area contributed by atoms with Crippen molar-refractivity contribution in [3.63, 3.8) is 0 Å². The highest BCUT2D eigenvalue weighted by atomic mass is 32.2. The van der Waals surface area contributed by atoms with E-state index in [0.717, 1.165) is 5.56 Å². The fourth-order valence-electron chi connectivity index (χ4n) is 2.76. The monoisotopic (exact) mass is 406 g/mol. The molecular formula is C21H15FN4O2S. The highest BCUT2D eigenvalue weighted by Crippen LogP contribution is 2.25. The number of hydrogen-bond donors (Lipinski definition) is 2. The Morgan fingerprint density at radius 3 is 2.76 bits per heavy atom. The number of thioether (sulfide) groups is 1. The lowest BCUT2D eigenvalue weighted by Gasteiger charge is -2.10. The second-order valence-electron chi connectivity index (χ2n) is 6.19. The average Bonchev–Trinajstić information content (AvgIpc) is 2.74. The quantitative estimate of drug-likeness (QED) is 0.489. The van der Waals surface area contributed by atoms with Gasteiger partial charge >= 0.3 is 0 Å². The summed E-state index contributed by atoms with van der Waals surface area (Å²) in [7, 11) is 0. The van der Waals surface area contributed by atoms with E-state index in [0.29, 0.717) is 32.9 Å². The van der Waals surface area contributed by atoms with Gasteiger partial charge < -0.3 is 10.3 Å². The standard InChI is InChI=1S/C21H15FN4O2S/c22-14-5-3-13(4-6-14)11-29-21-16(2-1-9-23-21)20(28)26-15-7-8-18-17(10-15)19(27)25-12-24-18/h1-10,12H,11H2,(H,26,28)(H,24,25,27). The van der Waals surface area contributed by atoms with Gasteiger partial charge in [0, 0.05) is 17.6 Å². The zero-order chi connectivity index (χ0) is 20.2. The van der Waals surface area contributed by atoms with Gasteiger partial charge in [0.2, 0.25) is 0 Å². The van der Waals surface area contributed by atoms with E-state index in [1.165, 1.54) is 30.2 Å². The van der Waals surface area contributed by atoms with Gasteiger partial charge in [0.05, 0.1) is 22.8 Å². The molecule has 0 fully saturated rings. The smallest absolute Gasteiger partial charge is 0.258 e. The Morgan fingerprint density at radius 1 is 1.10 bits per heavy atom. The van der Waals surface area contributed by atoms with Gasteiger partial charge in [0.15, 0.2) is 0 Å². The number of aromatic amines is 1. The summed E-state index contributed by atoms with van der Waals surface area (Å²) in [5, 5.41) is 3.76.